The predicted molar refractivity (Wildman–Crippen MR) is 103 cm³/mol. The van der Waals surface area contributed by atoms with Crippen molar-refractivity contribution in [2.75, 3.05) is 31.6 Å². The normalized spacial score (nSPS) is 10.4. The van der Waals surface area contributed by atoms with Crippen LogP contribution < -0.4 is 4.90 Å². The van der Waals surface area contributed by atoms with Crippen LogP contribution in [0.1, 0.15) is 29.8 Å². The van der Waals surface area contributed by atoms with Gasteiger partial charge in [-0.3, -0.25) is 4.79 Å². The number of ether oxygens (including phenoxy) is 1. The van der Waals surface area contributed by atoms with E-state index >= 15 is 0 Å². The number of likely N-dealkylation sites (N-methyl/N-ethyl adjacent to an activating group) is 1. The van der Waals surface area contributed by atoms with Crippen molar-refractivity contribution >= 4 is 17.6 Å². The van der Waals surface area contributed by atoms with Gasteiger partial charge in [0.2, 0.25) is 0 Å². The van der Waals surface area contributed by atoms with Gasteiger partial charge in [-0.2, -0.15) is 0 Å². The first-order chi connectivity index (χ1) is 13.0. The fourth-order valence-corrected chi connectivity index (χ4v) is 2.69. The molecule has 0 aliphatic carbocycles. The van der Waals surface area contributed by atoms with Crippen LogP contribution in [0.4, 0.5) is 10.1 Å². The van der Waals surface area contributed by atoms with Gasteiger partial charge in [0.25, 0.3) is 5.91 Å². The number of benzene rings is 2. The minimum absolute atomic E-state index is 0.113. The summed E-state index contributed by atoms with van der Waals surface area (Å²) in [5.41, 5.74) is 1.82. The summed E-state index contributed by atoms with van der Waals surface area (Å²) in [5.74, 6) is -1.33. The quantitative estimate of drug-likeness (QED) is 0.666. The average molecular weight is 372 g/mol. The number of nitrogens with zero attached hydrogens (tertiary/aromatic N) is 2. The molecular weight excluding hydrogens is 347 g/mol. The van der Waals surface area contributed by atoms with E-state index in [-0.39, 0.29) is 19.0 Å². The second kappa shape index (κ2) is 9.71. The number of rotatable bonds is 8. The van der Waals surface area contributed by atoms with Crippen molar-refractivity contribution in [3.63, 3.8) is 0 Å². The Bertz CT molecular complexity index is 773. The zero-order valence-electron chi connectivity index (χ0n) is 15.9. The molecular formula is C21H25FN2O3. The molecule has 0 fully saturated rings. The SMILES string of the molecule is CCN(CC)c1ccc(C(=O)OCC(=O)N(C)Cc2ccccc2F)cc1. The molecule has 2 aromatic carbocycles. The number of carbonyl (C=O) groups is 2. The third-order valence-electron chi connectivity index (χ3n) is 4.35. The van der Waals surface area contributed by atoms with E-state index in [0.717, 1.165) is 18.8 Å². The van der Waals surface area contributed by atoms with Gasteiger partial charge in [-0.1, -0.05) is 18.2 Å². The second-order valence-electron chi connectivity index (χ2n) is 6.14. The van der Waals surface area contributed by atoms with E-state index in [0.29, 0.717) is 11.1 Å². The van der Waals surface area contributed by atoms with E-state index in [1.807, 2.05) is 12.1 Å². The fraction of sp³-hybridized carbons (Fsp3) is 0.333. The van der Waals surface area contributed by atoms with Crippen molar-refractivity contribution in [1.82, 2.24) is 4.90 Å². The molecule has 144 valence electrons. The predicted octanol–water partition coefficient (Wildman–Crippen LogP) is 3.49. The first-order valence-corrected chi connectivity index (χ1v) is 8.95. The highest BCUT2D eigenvalue weighted by molar-refractivity contribution is 5.91. The minimum Gasteiger partial charge on any atom is -0.452 e. The molecule has 0 radical (unpaired) electrons. The zero-order chi connectivity index (χ0) is 19.8. The van der Waals surface area contributed by atoms with E-state index in [4.69, 9.17) is 4.74 Å². The maximum atomic E-state index is 13.7. The molecule has 0 aromatic heterocycles. The van der Waals surface area contributed by atoms with E-state index in [1.54, 1.807) is 37.4 Å². The lowest BCUT2D eigenvalue weighted by Gasteiger charge is -2.21. The van der Waals surface area contributed by atoms with Crippen LogP contribution in [0.2, 0.25) is 0 Å². The van der Waals surface area contributed by atoms with Gasteiger partial charge >= 0.3 is 5.97 Å². The maximum absolute atomic E-state index is 13.7. The third-order valence-corrected chi connectivity index (χ3v) is 4.35. The molecule has 6 heteroatoms. The van der Waals surface area contributed by atoms with Gasteiger partial charge in [0.1, 0.15) is 5.82 Å². The summed E-state index contributed by atoms with van der Waals surface area (Å²) in [4.78, 5) is 27.8. The monoisotopic (exact) mass is 372 g/mol. The zero-order valence-corrected chi connectivity index (χ0v) is 15.9. The van der Waals surface area contributed by atoms with Gasteiger partial charge in [0, 0.05) is 37.9 Å². The third kappa shape index (κ3) is 5.54. The smallest absolute Gasteiger partial charge is 0.338 e. The lowest BCUT2D eigenvalue weighted by molar-refractivity contribution is -0.133. The van der Waals surface area contributed by atoms with Crippen LogP contribution in [0.3, 0.4) is 0 Å². The Balaban J connectivity index is 1.89. The molecule has 0 aliphatic rings. The van der Waals surface area contributed by atoms with E-state index in [1.165, 1.54) is 11.0 Å². The van der Waals surface area contributed by atoms with Gasteiger partial charge in [0.15, 0.2) is 6.61 Å². The molecule has 2 aromatic rings. The Labute approximate surface area is 159 Å². The Morgan fingerprint density at radius 1 is 1.00 bits per heavy atom. The lowest BCUT2D eigenvalue weighted by Crippen LogP contribution is -2.31. The molecule has 2 rings (SSSR count). The van der Waals surface area contributed by atoms with Gasteiger partial charge in [-0.05, 0) is 44.2 Å². The largest absolute Gasteiger partial charge is 0.452 e. The van der Waals surface area contributed by atoms with Gasteiger partial charge in [0.05, 0.1) is 5.56 Å². The summed E-state index contributed by atoms with van der Waals surface area (Å²) in [6.07, 6.45) is 0. The first-order valence-electron chi connectivity index (χ1n) is 8.95. The molecule has 27 heavy (non-hydrogen) atoms. The summed E-state index contributed by atoms with van der Waals surface area (Å²) < 4.78 is 18.8. The van der Waals surface area contributed by atoms with Crippen molar-refractivity contribution in [3.8, 4) is 0 Å². The Morgan fingerprint density at radius 2 is 1.63 bits per heavy atom. The maximum Gasteiger partial charge on any atom is 0.338 e. The van der Waals surface area contributed by atoms with Gasteiger partial charge < -0.3 is 14.5 Å². The van der Waals surface area contributed by atoms with Crippen LogP contribution >= 0.6 is 0 Å². The summed E-state index contributed by atoms with van der Waals surface area (Å²) in [6, 6.07) is 13.3. The molecule has 0 saturated heterocycles. The molecule has 5 nitrogen and oxygen atoms in total. The molecule has 0 aliphatic heterocycles. The average Bonchev–Trinajstić information content (AvgIpc) is 2.69. The number of carbonyl (C=O) groups excluding carboxylic acids is 2. The number of halogens is 1. The Kier molecular flexibility index (Phi) is 7.34. The number of hydrogen-bond donors (Lipinski definition) is 0. The molecule has 0 spiro atoms. The molecule has 1 amide bonds. The lowest BCUT2D eigenvalue weighted by atomic mass is 10.2. The van der Waals surface area contributed by atoms with Crippen LogP contribution in [-0.2, 0) is 16.1 Å². The van der Waals surface area contributed by atoms with Crippen LogP contribution in [0, 0.1) is 5.82 Å². The second-order valence-corrected chi connectivity index (χ2v) is 6.14. The van der Waals surface area contributed by atoms with Crippen molar-refractivity contribution in [1.29, 1.82) is 0 Å². The van der Waals surface area contributed by atoms with Gasteiger partial charge in [-0.25, -0.2) is 9.18 Å². The van der Waals surface area contributed by atoms with Crippen molar-refractivity contribution < 1.29 is 18.7 Å². The minimum atomic E-state index is -0.561. The highest BCUT2D eigenvalue weighted by Gasteiger charge is 2.15. The van der Waals surface area contributed by atoms with Crippen molar-refractivity contribution in [2.45, 2.75) is 20.4 Å². The molecule has 0 unspecified atom stereocenters. The van der Waals surface area contributed by atoms with Crippen molar-refractivity contribution in [2.24, 2.45) is 0 Å². The highest BCUT2D eigenvalue weighted by atomic mass is 19.1. The number of anilines is 1. The molecule has 0 heterocycles. The summed E-state index contributed by atoms with van der Waals surface area (Å²) in [5, 5.41) is 0. The fourth-order valence-electron chi connectivity index (χ4n) is 2.69. The topological polar surface area (TPSA) is 49.9 Å². The number of hydrogen-bond acceptors (Lipinski definition) is 4. The molecule has 0 N–H and O–H groups in total. The summed E-state index contributed by atoms with van der Waals surface area (Å²) >= 11 is 0. The van der Waals surface area contributed by atoms with Crippen LogP contribution in [0.25, 0.3) is 0 Å². The highest BCUT2D eigenvalue weighted by Crippen LogP contribution is 2.15. The summed E-state index contributed by atoms with van der Waals surface area (Å²) in [7, 11) is 1.54. The van der Waals surface area contributed by atoms with E-state index < -0.39 is 11.9 Å². The van der Waals surface area contributed by atoms with Crippen LogP contribution in [-0.4, -0.2) is 43.5 Å². The Hall–Kier alpha value is -2.89. The van der Waals surface area contributed by atoms with Crippen molar-refractivity contribution in [3.05, 3.63) is 65.5 Å². The number of esters is 1. The van der Waals surface area contributed by atoms with Gasteiger partial charge in [-0.15, -0.1) is 0 Å². The van der Waals surface area contributed by atoms with Crippen LogP contribution in [0.15, 0.2) is 48.5 Å². The first kappa shape index (κ1) is 20.4. The summed E-state index contributed by atoms with van der Waals surface area (Å²) in [6.45, 7) is 5.61. The molecule has 0 bridgehead atoms. The van der Waals surface area contributed by atoms with Crippen LogP contribution in [0.5, 0.6) is 0 Å². The standard InChI is InChI=1S/C21H25FN2O3/c1-4-24(5-2)18-12-10-16(11-13-18)21(26)27-15-20(25)23(3)14-17-8-6-7-9-19(17)22/h6-13H,4-5,14-15H2,1-3H3. The van der Waals surface area contributed by atoms with E-state index in [2.05, 4.69) is 18.7 Å². The number of amides is 1. The Morgan fingerprint density at radius 3 is 2.22 bits per heavy atom. The molecule has 0 atom stereocenters. The molecule has 0 saturated carbocycles. The van der Waals surface area contributed by atoms with E-state index in [9.17, 15) is 14.0 Å².